The lowest BCUT2D eigenvalue weighted by Gasteiger charge is -2.22. The van der Waals surface area contributed by atoms with Crippen LogP contribution in [0.1, 0.15) is 38.1 Å². The molecule has 2 rings (SSSR count). The number of hydrogen-bond donors (Lipinski definition) is 1. The normalized spacial score (nSPS) is 16.3. The Balaban J connectivity index is 1.91. The Morgan fingerprint density at radius 1 is 1.43 bits per heavy atom. The van der Waals surface area contributed by atoms with Crippen molar-refractivity contribution in [3.8, 4) is 0 Å². The number of aromatic nitrogens is 2. The van der Waals surface area contributed by atoms with Gasteiger partial charge in [-0.2, -0.15) is 5.10 Å². The second-order valence-electron chi connectivity index (χ2n) is 5.35. The minimum atomic E-state index is 0.117. The molecular weight excluding hydrogens is 334 g/mol. The molecule has 118 valence electrons. The van der Waals surface area contributed by atoms with Crippen molar-refractivity contribution in [1.82, 2.24) is 15.1 Å². The van der Waals surface area contributed by atoms with E-state index in [2.05, 4.69) is 33.3 Å². The first-order chi connectivity index (χ1) is 10.2. The second-order valence-corrected chi connectivity index (χ2v) is 6.15. The van der Waals surface area contributed by atoms with Crippen LogP contribution in [0.2, 0.25) is 0 Å². The molecule has 0 spiro atoms. The molecule has 2 heterocycles. The standard InChI is InChI=1S/C15H24BrN3O2/c1-3-13-15(16)14(19(4-2)18-13)9-11(20)10-21-12-5-7-17-8-6-12/h12,17H,3-10H2,1-2H3. The Morgan fingerprint density at radius 3 is 2.76 bits per heavy atom. The molecular formula is C15H24BrN3O2. The molecule has 6 heteroatoms. The van der Waals surface area contributed by atoms with Crippen molar-refractivity contribution in [1.29, 1.82) is 0 Å². The van der Waals surface area contributed by atoms with Crippen molar-refractivity contribution in [3.63, 3.8) is 0 Å². The van der Waals surface area contributed by atoms with Crippen LogP contribution in [0.4, 0.5) is 0 Å². The number of carbonyl (C=O) groups is 1. The van der Waals surface area contributed by atoms with Gasteiger partial charge in [-0.15, -0.1) is 0 Å². The zero-order valence-corrected chi connectivity index (χ0v) is 14.4. The summed E-state index contributed by atoms with van der Waals surface area (Å²) in [5.74, 6) is 0.117. The average Bonchev–Trinajstić information content (AvgIpc) is 2.82. The van der Waals surface area contributed by atoms with Crippen molar-refractivity contribution in [2.45, 2.75) is 52.2 Å². The first kappa shape index (κ1) is 16.6. The van der Waals surface area contributed by atoms with E-state index in [-0.39, 0.29) is 18.5 Å². The molecule has 1 aromatic heterocycles. The highest BCUT2D eigenvalue weighted by molar-refractivity contribution is 9.10. The summed E-state index contributed by atoms with van der Waals surface area (Å²) < 4.78 is 8.61. The van der Waals surface area contributed by atoms with Gasteiger partial charge >= 0.3 is 0 Å². The van der Waals surface area contributed by atoms with Crippen LogP contribution in [0.5, 0.6) is 0 Å². The lowest BCUT2D eigenvalue weighted by molar-refractivity contribution is -0.125. The van der Waals surface area contributed by atoms with Gasteiger partial charge in [-0.05, 0) is 55.2 Å². The highest BCUT2D eigenvalue weighted by Gasteiger charge is 2.19. The van der Waals surface area contributed by atoms with Gasteiger partial charge in [-0.25, -0.2) is 0 Å². The van der Waals surface area contributed by atoms with Crippen molar-refractivity contribution in [2.75, 3.05) is 19.7 Å². The third kappa shape index (κ3) is 4.37. The Kier molecular flexibility index (Phi) is 6.39. The van der Waals surface area contributed by atoms with Crippen LogP contribution in [-0.4, -0.2) is 41.4 Å². The maximum absolute atomic E-state index is 12.2. The summed E-state index contributed by atoms with van der Waals surface area (Å²) in [6.45, 7) is 7.04. The van der Waals surface area contributed by atoms with E-state index in [9.17, 15) is 4.79 Å². The molecule has 21 heavy (non-hydrogen) atoms. The van der Waals surface area contributed by atoms with Gasteiger partial charge in [-0.3, -0.25) is 9.48 Å². The maximum atomic E-state index is 12.2. The van der Waals surface area contributed by atoms with Crippen molar-refractivity contribution in [3.05, 3.63) is 15.9 Å². The van der Waals surface area contributed by atoms with Crippen LogP contribution in [0, 0.1) is 0 Å². The number of piperidine rings is 1. The van der Waals surface area contributed by atoms with E-state index >= 15 is 0 Å². The number of nitrogens with one attached hydrogen (secondary N) is 1. The van der Waals surface area contributed by atoms with E-state index < -0.39 is 0 Å². The quantitative estimate of drug-likeness (QED) is 0.811. The number of halogens is 1. The van der Waals surface area contributed by atoms with Gasteiger partial charge in [0.1, 0.15) is 6.61 Å². The van der Waals surface area contributed by atoms with Gasteiger partial charge < -0.3 is 10.1 Å². The molecule has 1 aliphatic rings. The molecule has 1 N–H and O–H groups in total. The number of Topliss-reactive ketones (excluding diaryl/α,β-unsaturated/α-hetero) is 1. The summed E-state index contributed by atoms with van der Waals surface area (Å²) in [4.78, 5) is 12.2. The summed E-state index contributed by atoms with van der Waals surface area (Å²) in [6, 6.07) is 0. The molecule has 0 atom stereocenters. The van der Waals surface area contributed by atoms with E-state index in [1.54, 1.807) is 0 Å². The number of hydrogen-bond acceptors (Lipinski definition) is 4. The predicted molar refractivity (Wildman–Crippen MR) is 85.5 cm³/mol. The molecule has 0 aromatic carbocycles. The lowest BCUT2D eigenvalue weighted by atomic mass is 10.1. The number of ether oxygens (including phenoxy) is 1. The molecule has 1 aromatic rings. The monoisotopic (exact) mass is 357 g/mol. The van der Waals surface area contributed by atoms with Crippen molar-refractivity contribution in [2.24, 2.45) is 0 Å². The molecule has 5 nitrogen and oxygen atoms in total. The highest BCUT2D eigenvalue weighted by Crippen LogP contribution is 2.23. The first-order valence-corrected chi connectivity index (χ1v) is 8.53. The Labute approximate surface area is 134 Å². The summed E-state index contributed by atoms with van der Waals surface area (Å²) >= 11 is 3.57. The fourth-order valence-electron chi connectivity index (χ4n) is 2.60. The summed E-state index contributed by atoms with van der Waals surface area (Å²) in [5.41, 5.74) is 1.98. The Bertz CT molecular complexity index is 482. The first-order valence-electron chi connectivity index (χ1n) is 7.73. The Hall–Kier alpha value is -0.720. The molecule has 0 amide bonds. The zero-order chi connectivity index (χ0) is 15.2. The van der Waals surface area contributed by atoms with E-state index in [1.165, 1.54) is 0 Å². The van der Waals surface area contributed by atoms with Gasteiger partial charge in [0.2, 0.25) is 0 Å². The predicted octanol–water partition coefficient (Wildman–Crippen LogP) is 2.11. The number of nitrogens with zero attached hydrogens (tertiary/aromatic N) is 2. The maximum Gasteiger partial charge on any atom is 0.164 e. The minimum Gasteiger partial charge on any atom is -0.370 e. The molecule has 0 unspecified atom stereocenters. The second kappa shape index (κ2) is 8.06. The molecule has 1 fully saturated rings. The molecule has 1 aliphatic heterocycles. The van der Waals surface area contributed by atoms with E-state index in [0.29, 0.717) is 6.42 Å². The topological polar surface area (TPSA) is 56.2 Å². The third-order valence-electron chi connectivity index (χ3n) is 3.82. The number of aryl methyl sites for hydroxylation is 2. The average molecular weight is 358 g/mol. The van der Waals surface area contributed by atoms with Gasteiger partial charge in [0.05, 0.1) is 28.4 Å². The van der Waals surface area contributed by atoms with Gasteiger partial charge in [0, 0.05) is 6.54 Å². The molecule has 0 bridgehead atoms. The molecule has 0 radical (unpaired) electrons. The van der Waals surface area contributed by atoms with E-state index in [1.807, 2.05) is 11.6 Å². The van der Waals surface area contributed by atoms with Crippen LogP contribution >= 0.6 is 15.9 Å². The zero-order valence-electron chi connectivity index (χ0n) is 12.8. The summed E-state index contributed by atoms with van der Waals surface area (Å²) in [6.07, 6.45) is 3.45. The molecule has 0 saturated carbocycles. The Morgan fingerprint density at radius 2 is 2.14 bits per heavy atom. The highest BCUT2D eigenvalue weighted by atomic mass is 79.9. The summed E-state index contributed by atoms with van der Waals surface area (Å²) in [5, 5.41) is 7.81. The minimum absolute atomic E-state index is 0.117. The van der Waals surface area contributed by atoms with Gasteiger partial charge in [0.15, 0.2) is 5.78 Å². The third-order valence-corrected chi connectivity index (χ3v) is 4.74. The lowest BCUT2D eigenvalue weighted by Crippen LogP contribution is -2.33. The van der Waals surface area contributed by atoms with Gasteiger partial charge in [0.25, 0.3) is 0 Å². The van der Waals surface area contributed by atoms with Gasteiger partial charge in [-0.1, -0.05) is 6.92 Å². The van der Waals surface area contributed by atoms with Crippen molar-refractivity contribution >= 4 is 21.7 Å². The van der Waals surface area contributed by atoms with E-state index in [0.717, 1.165) is 54.8 Å². The number of rotatable bonds is 7. The van der Waals surface area contributed by atoms with Crippen LogP contribution in [-0.2, 0) is 28.9 Å². The fourth-order valence-corrected chi connectivity index (χ4v) is 3.30. The smallest absolute Gasteiger partial charge is 0.164 e. The largest absolute Gasteiger partial charge is 0.370 e. The number of carbonyl (C=O) groups excluding carboxylic acids is 1. The fraction of sp³-hybridized carbons (Fsp3) is 0.733. The number of ketones is 1. The van der Waals surface area contributed by atoms with Crippen LogP contribution in [0.3, 0.4) is 0 Å². The van der Waals surface area contributed by atoms with Crippen molar-refractivity contribution < 1.29 is 9.53 Å². The molecule has 1 saturated heterocycles. The van der Waals surface area contributed by atoms with Crippen LogP contribution in [0.25, 0.3) is 0 Å². The molecule has 0 aliphatic carbocycles. The van der Waals surface area contributed by atoms with E-state index in [4.69, 9.17) is 4.74 Å². The summed E-state index contributed by atoms with van der Waals surface area (Å²) in [7, 11) is 0. The SMILES string of the molecule is CCc1nn(CC)c(CC(=O)COC2CCNCC2)c1Br. The van der Waals surface area contributed by atoms with Crippen LogP contribution < -0.4 is 5.32 Å². The van der Waals surface area contributed by atoms with Crippen LogP contribution in [0.15, 0.2) is 4.47 Å².